The van der Waals surface area contributed by atoms with E-state index < -0.39 is 17.7 Å². The molecule has 0 aliphatic carbocycles. The Morgan fingerprint density at radius 2 is 1.90 bits per heavy atom. The largest absolute Gasteiger partial charge is 0.507 e. The summed E-state index contributed by atoms with van der Waals surface area (Å²) in [6.45, 7) is 5.62. The molecule has 0 saturated carbocycles. The SMILES string of the molecule is Cc1nnc(N2C(=O)C(=O)/C(=C(\O)c3ccc(OC(C)C)cc3)C2c2cccs2)s1. The highest BCUT2D eigenvalue weighted by atomic mass is 32.1. The van der Waals surface area contributed by atoms with E-state index in [9.17, 15) is 14.7 Å². The van der Waals surface area contributed by atoms with Gasteiger partial charge in [-0.3, -0.25) is 14.5 Å². The highest BCUT2D eigenvalue weighted by molar-refractivity contribution is 7.15. The number of hydrogen-bond acceptors (Lipinski definition) is 8. The number of nitrogens with zero attached hydrogens (tertiary/aromatic N) is 3. The molecule has 1 atom stereocenters. The van der Waals surface area contributed by atoms with Gasteiger partial charge in [-0.05, 0) is 56.5 Å². The normalized spacial score (nSPS) is 18.4. The van der Waals surface area contributed by atoms with E-state index in [1.54, 1.807) is 31.2 Å². The van der Waals surface area contributed by atoms with Gasteiger partial charge in [0, 0.05) is 10.4 Å². The standard InChI is InChI=1S/C21H19N3O4S2/c1-11(2)28-14-8-6-13(7-9-14)18(25)16-17(15-5-4-10-29-15)24(20(27)19(16)26)21-23-22-12(3)30-21/h4-11,17,25H,1-3H3/b18-16-. The van der Waals surface area contributed by atoms with Crippen LogP contribution in [-0.4, -0.2) is 33.1 Å². The summed E-state index contributed by atoms with van der Waals surface area (Å²) < 4.78 is 5.63. The number of thiophene rings is 1. The predicted molar refractivity (Wildman–Crippen MR) is 116 cm³/mol. The van der Waals surface area contributed by atoms with E-state index in [0.717, 1.165) is 4.88 Å². The zero-order chi connectivity index (χ0) is 21.4. The number of amides is 1. The minimum atomic E-state index is -0.760. The van der Waals surface area contributed by atoms with Crippen LogP contribution in [0.1, 0.15) is 35.3 Å². The lowest BCUT2D eigenvalue weighted by atomic mass is 10.00. The molecule has 7 nitrogen and oxygen atoms in total. The number of carbonyl (C=O) groups excluding carboxylic acids is 2. The van der Waals surface area contributed by atoms with Gasteiger partial charge >= 0.3 is 5.91 Å². The minimum absolute atomic E-state index is 0.0176. The van der Waals surface area contributed by atoms with E-state index in [-0.39, 0.29) is 17.4 Å². The summed E-state index contributed by atoms with van der Waals surface area (Å²) in [5, 5.41) is 21.9. The third-order valence-electron chi connectivity index (χ3n) is 4.48. The lowest BCUT2D eigenvalue weighted by Crippen LogP contribution is -2.29. The van der Waals surface area contributed by atoms with Crippen molar-refractivity contribution in [2.24, 2.45) is 0 Å². The first-order valence-corrected chi connectivity index (χ1v) is 11.0. The van der Waals surface area contributed by atoms with Gasteiger partial charge in [-0.2, -0.15) is 0 Å². The van der Waals surface area contributed by atoms with Crippen LogP contribution >= 0.6 is 22.7 Å². The summed E-state index contributed by atoms with van der Waals surface area (Å²) in [5.41, 5.74) is 0.465. The third-order valence-corrected chi connectivity index (χ3v) is 6.24. The topological polar surface area (TPSA) is 92.6 Å². The number of hydrogen-bond donors (Lipinski definition) is 1. The number of rotatable bonds is 5. The molecule has 3 heterocycles. The number of aryl methyl sites for hydroxylation is 1. The van der Waals surface area contributed by atoms with Crippen molar-refractivity contribution >= 4 is 45.3 Å². The molecule has 1 amide bonds. The van der Waals surface area contributed by atoms with E-state index in [0.29, 0.717) is 21.5 Å². The number of aromatic nitrogens is 2. The number of aliphatic hydroxyl groups excluding tert-OH is 1. The molecule has 9 heteroatoms. The minimum Gasteiger partial charge on any atom is -0.507 e. The van der Waals surface area contributed by atoms with E-state index in [1.807, 2.05) is 31.4 Å². The van der Waals surface area contributed by atoms with Crippen molar-refractivity contribution in [2.75, 3.05) is 4.90 Å². The van der Waals surface area contributed by atoms with Crippen molar-refractivity contribution in [1.82, 2.24) is 10.2 Å². The number of ether oxygens (including phenoxy) is 1. The Bertz CT molecular complexity index is 1120. The number of carbonyl (C=O) groups is 2. The van der Waals surface area contributed by atoms with Crippen LogP contribution in [-0.2, 0) is 9.59 Å². The maximum absolute atomic E-state index is 13.0. The van der Waals surface area contributed by atoms with Gasteiger partial charge in [-0.25, -0.2) is 0 Å². The highest BCUT2D eigenvalue weighted by Gasteiger charge is 2.48. The fraction of sp³-hybridized carbons (Fsp3) is 0.238. The molecule has 0 spiro atoms. The molecule has 30 heavy (non-hydrogen) atoms. The van der Waals surface area contributed by atoms with Crippen LogP contribution in [0.25, 0.3) is 5.76 Å². The second-order valence-corrected chi connectivity index (χ2v) is 9.12. The monoisotopic (exact) mass is 441 g/mol. The number of benzene rings is 1. The van der Waals surface area contributed by atoms with Crippen molar-refractivity contribution in [2.45, 2.75) is 32.9 Å². The van der Waals surface area contributed by atoms with Gasteiger partial charge in [-0.15, -0.1) is 21.5 Å². The highest BCUT2D eigenvalue weighted by Crippen LogP contribution is 2.44. The first-order valence-electron chi connectivity index (χ1n) is 9.28. The smallest absolute Gasteiger partial charge is 0.301 e. The Labute approximate surface area is 181 Å². The molecule has 2 aromatic heterocycles. The summed E-state index contributed by atoms with van der Waals surface area (Å²) in [7, 11) is 0. The lowest BCUT2D eigenvalue weighted by Gasteiger charge is -2.21. The number of aliphatic hydroxyl groups is 1. The van der Waals surface area contributed by atoms with Gasteiger partial charge in [0.05, 0.1) is 11.7 Å². The second kappa shape index (κ2) is 8.00. The van der Waals surface area contributed by atoms with Crippen LogP contribution in [0.5, 0.6) is 5.75 Å². The lowest BCUT2D eigenvalue weighted by molar-refractivity contribution is -0.132. The quantitative estimate of drug-likeness (QED) is 0.360. The maximum atomic E-state index is 13.0. The zero-order valence-electron chi connectivity index (χ0n) is 16.5. The van der Waals surface area contributed by atoms with Gasteiger partial charge in [-0.1, -0.05) is 17.4 Å². The van der Waals surface area contributed by atoms with E-state index in [2.05, 4.69) is 10.2 Å². The Balaban J connectivity index is 1.82. The fourth-order valence-electron chi connectivity index (χ4n) is 3.25. The average Bonchev–Trinajstić information content (AvgIpc) is 3.43. The summed E-state index contributed by atoms with van der Waals surface area (Å²) in [4.78, 5) is 27.9. The van der Waals surface area contributed by atoms with E-state index in [4.69, 9.17) is 4.74 Å². The average molecular weight is 442 g/mol. The molecular weight excluding hydrogens is 422 g/mol. The predicted octanol–water partition coefficient (Wildman–Crippen LogP) is 4.32. The Hall–Kier alpha value is -3.04. The first kappa shape index (κ1) is 20.2. The van der Waals surface area contributed by atoms with E-state index >= 15 is 0 Å². The Morgan fingerprint density at radius 3 is 2.47 bits per heavy atom. The molecule has 1 N–H and O–H groups in total. The van der Waals surface area contributed by atoms with Crippen LogP contribution in [0.3, 0.4) is 0 Å². The van der Waals surface area contributed by atoms with Crippen molar-refractivity contribution in [1.29, 1.82) is 0 Å². The van der Waals surface area contributed by atoms with Gasteiger partial charge in [0.25, 0.3) is 5.78 Å². The number of anilines is 1. The molecule has 3 aromatic rings. The first-order chi connectivity index (χ1) is 14.4. The number of Topliss-reactive ketones (excluding diaryl/α,β-unsaturated/α-hetero) is 1. The summed E-state index contributed by atoms with van der Waals surface area (Å²) >= 11 is 2.62. The second-order valence-electron chi connectivity index (χ2n) is 6.98. The molecule has 1 fully saturated rings. The maximum Gasteiger partial charge on any atom is 0.301 e. The number of ketones is 1. The van der Waals surface area contributed by atoms with Crippen LogP contribution in [0.4, 0.5) is 5.13 Å². The molecule has 1 aromatic carbocycles. The van der Waals surface area contributed by atoms with Crippen molar-refractivity contribution in [3.8, 4) is 5.75 Å². The van der Waals surface area contributed by atoms with Crippen LogP contribution < -0.4 is 9.64 Å². The van der Waals surface area contributed by atoms with Gasteiger partial charge < -0.3 is 9.84 Å². The molecule has 4 rings (SSSR count). The molecule has 1 unspecified atom stereocenters. The molecule has 154 valence electrons. The van der Waals surface area contributed by atoms with Gasteiger partial charge in [0.15, 0.2) is 0 Å². The molecule has 1 aliphatic heterocycles. The van der Waals surface area contributed by atoms with Crippen LogP contribution in [0, 0.1) is 6.92 Å². The molecule has 0 radical (unpaired) electrons. The van der Waals surface area contributed by atoms with Crippen molar-refractivity contribution < 1.29 is 19.4 Å². The molecule has 0 bridgehead atoms. The van der Waals surface area contributed by atoms with E-state index in [1.165, 1.54) is 27.6 Å². The summed E-state index contributed by atoms with van der Waals surface area (Å²) in [5.74, 6) is -1.06. The molecular formula is C21H19N3O4S2. The third kappa shape index (κ3) is 3.61. The Kier molecular flexibility index (Phi) is 5.40. The van der Waals surface area contributed by atoms with Crippen molar-refractivity contribution in [3.63, 3.8) is 0 Å². The fourth-order valence-corrected chi connectivity index (χ4v) is 4.79. The van der Waals surface area contributed by atoms with Gasteiger partial charge in [0.2, 0.25) is 5.13 Å². The zero-order valence-corrected chi connectivity index (χ0v) is 18.2. The van der Waals surface area contributed by atoms with Crippen LogP contribution in [0.2, 0.25) is 0 Å². The summed E-state index contributed by atoms with van der Waals surface area (Å²) in [6, 6.07) is 9.68. The molecule has 1 aliphatic rings. The Morgan fingerprint density at radius 1 is 1.17 bits per heavy atom. The van der Waals surface area contributed by atoms with Crippen LogP contribution in [0.15, 0.2) is 47.4 Å². The molecule has 1 saturated heterocycles. The van der Waals surface area contributed by atoms with Gasteiger partial charge in [0.1, 0.15) is 22.6 Å². The summed E-state index contributed by atoms with van der Waals surface area (Å²) in [6.07, 6.45) is 0.0176. The van der Waals surface area contributed by atoms with Crippen molar-refractivity contribution in [3.05, 3.63) is 62.8 Å².